The quantitative estimate of drug-likeness (QED) is 0.783. The first kappa shape index (κ1) is 20.6. The van der Waals surface area contributed by atoms with Gasteiger partial charge in [0.05, 0.1) is 31.9 Å². The number of anilines is 2. The molecule has 0 aliphatic rings. The molecular formula is C19H24N2O5S. The number of benzene rings is 2. The lowest BCUT2D eigenvalue weighted by atomic mass is 10.2. The lowest BCUT2D eigenvalue weighted by molar-refractivity contribution is -0.116. The molecular weight excluding hydrogens is 368 g/mol. The maximum atomic E-state index is 12.8. The smallest absolute Gasteiger partial charge is 0.248 e. The van der Waals surface area contributed by atoms with Gasteiger partial charge < -0.3 is 14.8 Å². The second-order valence-corrected chi connectivity index (χ2v) is 7.99. The number of methoxy groups -OCH3 is 2. The molecule has 0 aliphatic carbocycles. The summed E-state index contributed by atoms with van der Waals surface area (Å²) in [4.78, 5) is 12.8. The van der Waals surface area contributed by atoms with Crippen molar-refractivity contribution < 1.29 is 22.7 Å². The van der Waals surface area contributed by atoms with Crippen LogP contribution in [0.15, 0.2) is 42.5 Å². The summed E-state index contributed by atoms with van der Waals surface area (Å²) < 4.78 is 36.2. The number of ether oxygens (including phenoxy) is 2. The lowest BCUT2D eigenvalue weighted by Crippen LogP contribution is -2.45. The van der Waals surface area contributed by atoms with E-state index in [2.05, 4.69) is 5.32 Å². The van der Waals surface area contributed by atoms with E-state index in [-0.39, 0.29) is 0 Å². The van der Waals surface area contributed by atoms with Gasteiger partial charge in [0.2, 0.25) is 15.9 Å². The van der Waals surface area contributed by atoms with Crippen LogP contribution >= 0.6 is 0 Å². The molecule has 1 amide bonds. The summed E-state index contributed by atoms with van der Waals surface area (Å²) in [5.74, 6) is 0.511. The van der Waals surface area contributed by atoms with Crippen LogP contribution < -0.4 is 19.1 Å². The van der Waals surface area contributed by atoms with Gasteiger partial charge in [-0.25, -0.2) is 8.42 Å². The van der Waals surface area contributed by atoms with Gasteiger partial charge in [0.25, 0.3) is 0 Å². The number of aryl methyl sites for hydroxylation is 1. The molecule has 0 radical (unpaired) electrons. The Morgan fingerprint density at radius 2 is 1.81 bits per heavy atom. The summed E-state index contributed by atoms with van der Waals surface area (Å²) in [5.41, 5.74) is 1.75. The zero-order valence-corrected chi connectivity index (χ0v) is 16.8. The van der Waals surface area contributed by atoms with E-state index in [0.717, 1.165) is 16.1 Å². The molecule has 27 heavy (non-hydrogen) atoms. The molecule has 1 atom stereocenters. The highest BCUT2D eigenvalue weighted by Gasteiger charge is 2.29. The third kappa shape index (κ3) is 4.91. The Morgan fingerprint density at radius 1 is 1.11 bits per heavy atom. The molecule has 1 N–H and O–H groups in total. The SMILES string of the molecule is COc1ccc(NC(=O)[C@H](C)N(c2cccc(C)c2)S(C)(=O)=O)c(OC)c1. The normalized spacial score (nSPS) is 12.2. The van der Waals surface area contributed by atoms with Crippen LogP contribution in [0.3, 0.4) is 0 Å². The van der Waals surface area contributed by atoms with Gasteiger partial charge in [0.1, 0.15) is 17.5 Å². The summed E-state index contributed by atoms with van der Waals surface area (Å²) in [5, 5.41) is 2.72. The van der Waals surface area contributed by atoms with Crippen LogP contribution in [0.1, 0.15) is 12.5 Å². The Labute approximate surface area is 160 Å². The molecule has 0 saturated heterocycles. The highest BCUT2D eigenvalue weighted by molar-refractivity contribution is 7.92. The van der Waals surface area contributed by atoms with E-state index in [0.29, 0.717) is 22.9 Å². The van der Waals surface area contributed by atoms with Gasteiger partial charge in [-0.05, 0) is 43.7 Å². The summed E-state index contributed by atoms with van der Waals surface area (Å²) in [6.45, 7) is 3.39. The number of sulfonamides is 1. The van der Waals surface area contributed by atoms with Crippen molar-refractivity contribution in [1.29, 1.82) is 0 Å². The van der Waals surface area contributed by atoms with Crippen molar-refractivity contribution >= 4 is 27.3 Å². The number of nitrogens with zero attached hydrogens (tertiary/aromatic N) is 1. The molecule has 146 valence electrons. The summed E-state index contributed by atoms with van der Waals surface area (Å²) in [7, 11) is -0.672. The highest BCUT2D eigenvalue weighted by Crippen LogP contribution is 2.30. The number of amides is 1. The summed E-state index contributed by atoms with van der Waals surface area (Å²) >= 11 is 0. The standard InChI is InChI=1S/C19H24N2O5S/c1-13-7-6-8-15(11-13)21(27(5,23)24)14(2)19(22)20-17-10-9-16(25-3)12-18(17)26-4/h6-12,14H,1-5H3,(H,20,22)/t14-/m0/s1. The fourth-order valence-corrected chi connectivity index (χ4v) is 3.88. The molecule has 0 bridgehead atoms. The van der Waals surface area contributed by atoms with Crippen LogP contribution in [0.5, 0.6) is 11.5 Å². The third-order valence-corrected chi connectivity index (χ3v) is 5.25. The van der Waals surface area contributed by atoms with Crippen LogP contribution in [-0.4, -0.2) is 40.8 Å². The second-order valence-electron chi connectivity index (χ2n) is 6.13. The van der Waals surface area contributed by atoms with Crippen LogP contribution in [0, 0.1) is 6.92 Å². The van der Waals surface area contributed by atoms with Crippen LogP contribution in [0.25, 0.3) is 0 Å². The maximum Gasteiger partial charge on any atom is 0.248 e. The van der Waals surface area contributed by atoms with Gasteiger partial charge >= 0.3 is 0 Å². The Hall–Kier alpha value is -2.74. The molecule has 0 fully saturated rings. The minimum Gasteiger partial charge on any atom is -0.497 e. The largest absolute Gasteiger partial charge is 0.497 e. The number of hydrogen-bond acceptors (Lipinski definition) is 5. The summed E-state index contributed by atoms with van der Waals surface area (Å²) in [6, 6.07) is 11.0. The van der Waals surface area contributed by atoms with Crippen molar-refractivity contribution in [2.24, 2.45) is 0 Å². The minimum atomic E-state index is -3.68. The van der Waals surface area contributed by atoms with Gasteiger partial charge in [-0.3, -0.25) is 9.10 Å². The van der Waals surface area contributed by atoms with Crippen molar-refractivity contribution in [3.05, 3.63) is 48.0 Å². The number of carbonyl (C=O) groups excluding carboxylic acids is 1. The predicted octanol–water partition coefficient (Wildman–Crippen LogP) is 2.81. The fourth-order valence-electron chi connectivity index (χ4n) is 2.71. The molecule has 2 aromatic carbocycles. The van der Waals surface area contributed by atoms with E-state index in [1.54, 1.807) is 36.4 Å². The molecule has 0 unspecified atom stereocenters. The van der Waals surface area contributed by atoms with E-state index < -0.39 is 22.0 Å². The molecule has 8 heteroatoms. The Kier molecular flexibility index (Phi) is 6.32. The molecule has 0 saturated carbocycles. The number of nitrogens with one attached hydrogen (secondary N) is 1. The topological polar surface area (TPSA) is 84.9 Å². The van der Waals surface area contributed by atoms with Crippen molar-refractivity contribution in [1.82, 2.24) is 0 Å². The first-order valence-electron chi connectivity index (χ1n) is 8.26. The van der Waals surface area contributed by atoms with E-state index in [1.807, 2.05) is 13.0 Å². The molecule has 0 spiro atoms. The minimum absolute atomic E-state index is 0.413. The molecule has 0 heterocycles. The van der Waals surface area contributed by atoms with Crippen LogP contribution in [-0.2, 0) is 14.8 Å². The number of carbonyl (C=O) groups is 1. The van der Waals surface area contributed by atoms with Gasteiger partial charge in [-0.1, -0.05) is 12.1 Å². The van der Waals surface area contributed by atoms with E-state index in [1.165, 1.54) is 21.1 Å². The van der Waals surface area contributed by atoms with Crippen molar-refractivity contribution in [3.63, 3.8) is 0 Å². The first-order valence-corrected chi connectivity index (χ1v) is 10.1. The number of rotatable bonds is 7. The van der Waals surface area contributed by atoms with Crippen molar-refractivity contribution in [2.45, 2.75) is 19.9 Å². The van der Waals surface area contributed by atoms with Crippen LogP contribution in [0.4, 0.5) is 11.4 Å². The Morgan fingerprint density at radius 3 is 2.37 bits per heavy atom. The Bertz CT molecular complexity index is 927. The zero-order chi connectivity index (χ0) is 20.2. The third-order valence-electron chi connectivity index (χ3n) is 4.01. The van der Waals surface area contributed by atoms with E-state index in [4.69, 9.17) is 9.47 Å². The maximum absolute atomic E-state index is 12.8. The average Bonchev–Trinajstić information content (AvgIpc) is 2.60. The molecule has 2 aromatic rings. The molecule has 0 aromatic heterocycles. The monoisotopic (exact) mass is 392 g/mol. The van der Waals surface area contributed by atoms with Crippen molar-refractivity contribution in [2.75, 3.05) is 30.1 Å². The molecule has 2 rings (SSSR count). The van der Waals surface area contributed by atoms with Crippen LogP contribution in [0.2, 0.25) is 0 Å². The van der Waals surface area contributed by atoms with Gasteiger partial charge in [0, 0.05) is 6.07 Å². The highest BCUT2D eigenvalue weighted by atomic mass is 32.2. The summed E-state index contributed by atoms with van der Waals surface area (Å²) in [6.07, 6.45) is 1.08. The zero-order valence-electron chi connectivity index (χ0n) is 16.0. The van der Waals surface area contributed by atoms with Gasteiger partial charge in [-0.15, -0.1) is 0 Å². The second kappa shape index (κ2) is 8.30. The lowest BCUT2D eigenvalue weighted by Gasteiger charge is -2.28. The molecule has 7 nitrogen and oxygen atoms in total. The van der Waals surface area contributed by atoms with E-state index in [9.17, 15) is 13.2 Å². The fraction of sp³-hybridized carbons (Fsp3) is 0.316. The molecule has 0 aliphatic heterocycles. The van der Waals surface area contributed by atoms with Crippen molar-refractivity contribution in [3.8, 4) is 11.5 Å². The van der Waals surface area contributed by atoms with Gasteiger partial charge in [-0.2, -0.15) is 0 Å². The first-order chi connectivity index (χ1) is 12.7. The predicted molar refractivity (Wildman–Crippen MR) is 106 cm³/mol. The Balaban J connectivity index is 2.33. The number of hydrogen-bond donors (Lipinski definition) is 1. The van der Waals surface area contributed by atoms with E-state index >= 15 is 0 Å². The average molecular weight is 392 g/mol. The van der Waals surface area contributed by atoms with Gasteiger partial charge in [0.15, 0.2) is 0 Å².